The lowest BCUT2D eigenvalue weighted by molar-refractivity contribution is -0.139. The van der Waals surface area contributed by atoms with Crippen LogP contribution in [-0.2, 0) is 14.4 Å². The second kappa shape index (κ2) is 15.0. The van der Waals surface area contributed by atoms with Crippen LogP contribution in [-0.4, -0.2) is 76.1 Å². The number of anilines is 2. The highest BCUT2D eigenvalue weighted by Gasteiger charge is 2.77. The summed E-state index contributed by atoms with van der Waals surface area (Å²) >= 11 is 1.69. The molecule has 0 aliphatic carbocycles. The summed E-state index contributed by atoms with van der Waals surface area (Å²) in [4.78, 5) is 50.1. The average molecular weight is 696 g/mol. The van der Waals surface area contributed by atoms with Gasteiger partial charge in [0.25, 0.3) is 5.91 Å². The number of amides is 3. The molecule has 3 aliphatic rings. The van der Waals surface area contributed by atoms with Gasteiger partial charge in [0, 0.05) is 42.4 Å². The molecule has 3 aromatic rings. The summed E-state index contributed by atoms with van der Waals surface area (Å²) < 4.78 is 4.38. The van der Waals surface area contributed by atoms with Gasteiger partial charge in [-0.15, -0.1) is 24.9 Å². The Morgan fingerprint density at radius 3 is 2.26 bits per heavy atom. The fraction of sp³-hybridized carbons (Fsp3) is 0.439. The van der Waals surface area contributed by atoms with Crippen LogP contribution in [0.2, 0.25) is 0 Å². The van der Waals surface area contributed by atoms with E-state index in [9.17, 15) is 14.7 Å². The van der Waals surface area contributed by atoms with Crippen LogP contribution in [0.5, 0.6) is 5.75 Å². The zero-order chi connectivity index (χ0) is 35.5. The highest BCUT2D eigenvalue weighted by atomic mass is 32.2. The lowest BCUT2D eigenvalue weighted by atomic mass is 9.66. The second-order valence-corrected chi connectivity index (χ2v) is 15.7. The van der Waals surface area contributed by atoms with Crippen LogP contribution in [0.3, 0.4) is 0 Å². The molecule has 0 saturated carbocycles. The number of benzene rings is 3. The van der Waals surface area contributed by atoms with Gasteiger partial charge in [-0.25, -0.2) is 0 Å². The highest BCUT2D eigenvalue weighted by Crippen LogP contribution is 2.71. The number of carbonyl (C=O) groups is 3. The van der Waals surface area contributed by atoms with Crippen LogP contribution in [0.4, 0.5) is 11.4 Å². The van der Waals surface area contributed by atoms with Crippen molar-refractivity contribution in [3.63, 3.8) is 0 Å². The molecule has 0 radical (unpaired) electrons. The van der Waals surface area contributed by atoms with E-state index in [1.54, 1.807) is 38.6 Å². The van der Waals surface area contributed by atoms with E-state index in [2.05, 4.69) is 20.1 Å². The molecule has 9 heteroatoms. The predicted octanol–water partition coefficient (Wildman–Crippen LogP) is 7.01. The van der Waals surface area contributed by atoms with Crippen molar-refractivity contribution in [3.8, 4) is 5.75 Å². The van der Waals surface area contributed by atoms with Crippen LogP contribution in [0, 0.1) is 11.8 Å². The quantitative estimate of drug-likeness (QED) is 0.128. The molecule has 6 rings (SSSR count). The van der Waals surface area contributed by atoms with E-state index in [1.807, 2.05) is 73.7 Å². The Labute approximate surface area is 300 Å². The normalized spacial score (nSPS) is 25.1. The maximum Gasteiger partial charge on any atom is 0.251 e. The molecule has 8 nitrogen and oxygen atoms in total. The topological polar surface area (TPSA) is 90.4 Å². The number of ether oxygens (including phenoxy) is 1. The Morgan fingerprint density at radius 2 is 1.58 bits per heavy atom. The van der Waals surface area contributed by atoms with Gasteiger partial charge in [0.1, 0.15) is 11.8 Å². The molecule has 5 atom stereocenters. The van der Waals surface area contributed by atoms with Crippen molar-refractivity contribution in [1.82, 2.24) is 4.90 Å². The summed E-state index contributed by atoms with van der Waals surface area (Å²) in [5.41, 5.74) is 1.48. The van der Waals surface area contributed by atoms with E-state index in [0.29, 0.717) is 45.5 Å². The van der Waals surface area contributed by atoms with Gasteiger partial charge in [-0.2, -0.15) is 0 Å². The summed E-state index contributed by atoms with van der Waals surface area (Å²) in [5.74, 6) is -0.878. The first-order valence-corrected chi connectivity index (χ1v) is 18.7. The van der Waals surface area contributed by atoms with Crippen LogP contribution >= 0.6 is 11.8 Å². The number of hydrogen-bond acceptors (Lipinski definition) is 6. The molecule has 1 spiro atoms. The van der Waals surface area contributed by atoms with Gasteiger partial charge in [-0.3, -0.25) is 14.4 Å². The molecular weight excluding hydrogens is 647 g/mol. The van der Waals surface area contributed by atoms with Gasteiger partial charge in [-0.1, -0.05) is 55.3 Å². The second-order valence-electron chi connectivity index (χ2n) is 13.8. The van der Waals surface area contributed by atoms with Crippen molar-refractivity contribution in [1.29, 1.82) is 0 Å². The number of nitrogens with zero attached hydrogens (tertiary/aromatic N) is 3. The number of thioether (sulfide) groups is 1. The summed E-state index contributed by atoms with van der Waals surface area (Å²) in [6.45, 7) is 13.6. The minimum absolute atomic E-state index is 0.109. The summed E-state index contributed by atoms with van der Waals surface area (Å²) in [7, 11) is 0. The van der Waals surface area contributed by atoms with Crippen LogP contribution < -0.4 is 14.5 Å². The van der Waals surface area contributed by atoms with Gasteiger partial charge in [0.2, 0.25) is 11.8 Å². The number of hydrogen-bond donors (Lipinski definition) is 1. The first-order valence-electron chi connectivity index (χ1n) is 17.9. The van der Waals surface area contributed by atoms with Crippen molar-refractivity contribution in [3.05, 3.63) is 92.0 Å². The predicted molar refractivity (Wildman–Crippen MR) is 203 cm³/mol. The Balaban J connectivity index is 1.39. The van der Waals surface area contributed by atoms with Crippen molar-refractivity contribution < 1.29 is 24.2 Å². The number of likely N-dealkylation sites (tertiary alicyclic amines) is 1. The molecule has 1 N–H and O–H groups in total. The molecule has 2 bridgehead atoms. The maximum atomic E-state index is 15.1. The third-order valence-corrected chi connectivity index (χ3v) is 12.7. The van der Waals surface area contributed by atoms with E-state index in [-0.39, 0.29) is 24.3 Å². The molecule has 3 aromatic carbocycles. The zero-order valence-corrected chi connectivity index (χ0v) is 30.1. The molecule has 3 saturated heterocycles. The number of aliphatic hydroxyl groups excluding tert-OH is 1. The molecule has 3 heterocycles. The molecular formula is C41H49N3O5S. The maximum absolute atomic E-state index is 15.1. The van der Waals surface area contributed by atoms with E-state index in [1.165, 1.54) is 0 Å². The minimum atomic E-state index is -0.747. The Kier molecular flexibility index (Phi) is 10.7. The van der Waals surface area contributed by atoms with E-state index < -0.39 is 27.4 Å². The average Bonchev–Trinajstić information content (AvgIpc) is 3.69. The lowest BCUT2D eigenvalue weighted by Crippen LogP contribution is -2.55. The van der Waals surface area contributed by atoms with Crippen molar-refractivity contribution in [2.75, 3.05) is 42.6 Å². The smallest absolute Gasteiger partial charge is 0.251 e. The van der Waals surface area contributed by atoms with Gasteiger partial charge in [0.15, 0.2) is 0 Å². The van der Waals surface area contributed by atoms with E-state index in [0.717, 1.165) is 47.2 Å². The van der Waals surface area contributed by atoms with Gasteiger partial charge in [-0.05, 0) is 86.7 Å². The SMILES string of the molecule is C=CCN(C(=O)C1N(CCCCCCO)C(=O)[C@@H]2[C@@H](C(=O)N(CC=C)c3ccc(OCC)cc3)[C@@]3(C)CCC12S3)c1ccc2ccccc2c1. The Morgan fingerprint density at radius 1 is 0.920 bits per heavy atom. The van der Waals surface area contributed by atoms with E-state index >= 15 is 4.79 Å². The minimum Gasteiger partial charge on any atom is -0.494 e. The van der Waals surface area contributed by atoms with Crippen molar-refractivity contribution >= 4 is 51.6 Å². The largest absolute Gasteiger partial charge is 0.494 e. The monoisotopic (exact) mass is 695 g/mol. The molecule has 50 heavy (non-hydrogen) atoms. The third kappa shape index (κ3) is 6.35. The third-order valence-electron chi connectivity index (χ3n) is 10.7. The number of carbonyl (C=O) groups excluding carboxylic acids is 3. The number of aliphatic hydroxyl groups is 1. The number of rotatable bonds is 16. The first-order chi connectivity index (χ1) is 24.2. The molecule has 3 amide bonds. The molecule has 0 aromatic heterocycles. The Bertz CT molecular complexity index is 1750. The van der Waals surface area contributed by atoms with Gasteiger partial charge >= 0.3 is 0 Å². The fourth-order valence-corrected chi connectivity index (χ4v) is 10.9. The standard InChI is InChI=1S/C41H49N3O5S/c1-5-24-42(31-18-20-33(21-19-31)49-7-3)37(46)34-35-38(47)44(26-12-8-9-13-27-45)36(41(35)23-22-40(34,4)50-41)39(48)43(25-6-2)32-17-16-29-14-10-11-15-30(29)28-32/h5-6,10-11,14-21,28,34-36,45H,1-2,7-9,12-13,22-27H2,3-4H3/t34-,35-,36?,40+,41?/m0/s1. The van der Waals surface area contributed by atoms with Crippen molar-refractivity contribution in [2.24, 2.45) is 11.8 Å². The molecule has 264 valence electrons. The zero-order valence-electron chi connectivity index (χ0n) is 29.3. The highest BCUT2D eigenvalue weighted by molar-refractivity contribution is 8.02. The molecule has 2 unspecified atom stereocenters. The first kappa shape index (κ1) is 35.7. The van der Waals surface area contributed by atoms with Crippen LogP contribution in [0.25, 0.3) is 10.8 Å². The molecule has 3 fully saturated rings. The fourth-order valence-electron chi connectivity index (χ4n) is 8.52. The number of unbranched alkanes of at least 4 members (excludes halogenated alkanes) is 3. The summed E-state index contributed by atoms with van der Waals surface area (Å²) in [6, 6.07) is 20.8. The van der Waals surface area contributed by atoms with Crippen molar-refractivity contribution in [2.45, 2.75) is 67.9 Å². The lowest BCUT2D eigenvalue weighted by Gasteiger charge is -2.38. The summed E-state index contributed by atoms with van der Waals surface area (Å²) in [6.07, 6.45) is 7.95. The van der Waals surface area contributed by atoms with Gasteiger partial charge < -0.3 is 24.5 Å². The Hall–Kier alpha value is -4.08. The van der Waals surface area contributed by atoms with E-state index in [4.69, 9.17) is 4.74 Å². The number of fused-ring (bicyclic) bond motifs is 2. The van der Waals surface area contributed by atoms with Crippen LogP contribution in [0.1, 0.15) is 52.4 Å². The molecule has 3 aliphatic heterocycles. The van der Waals surface area contributed by atoms with Gasteiger partial charge in [0.05, 0.1) is 23.2 Å². The van der Waals surface area contributed by atoms with Crippen LogP contribution in [0.15, 0.2) is 92.0 Å². The summed E-state index contributed by atoms with van der Waals surface area (Å²) in [5, 5.41) is 11.4.